The van der Waals surface area contributed by atoms with Gasteiger partial charge in [-0.1, -0.05) is 30.3 Å². The van der Waals surface area contributed by atoms with E-state index in [4.69, 9.17) is 0 Å². The predicted molar refractivity (Wildman–Crippen MR) is 112 cm³/mol. The maximum Gasteiger partial charge on any atom is 0.253 e. The highest BCUT2D eigenvalue weighted by Gasteiger charge is 2.24. The van der Waals surface area contributed by atoms with E-state index in [1.807, 2.05) is 24.8 Å². The van der Waals surface area contributed by atoms with Crippen molar-refractivity contribution >= 4 is 11.8 Å². The second-order valence-electron chi connectivity index (χ2n) is 7.48. The molecule has 4 nitrogen and oxygen atoms in total. The van der Waals surface area contributed by atoms with E-state index in [0.29, 0.717) is 30.1 Å². The molecule has 0 atom stereocenters. The first-order valence-electron chi connectivity index (χ1n) is 10.3. The molecule has 0 radical (unpaired) electrons. The van der Waals surface area contributed by atoms with Gasteiger partial charge in [0.25, 0.3) is 11.8 Å². The molecule has 1 aliphatic heterocycles. The lowest BCUT2D eigenvalue weighted by Gasteiger charge is -2.32. The quantitative estimate of drug-likeness (QED) is 0.753. The lowest BCUT2D eigenvalue weighted by atomic mass is 9.90. The summed E-state index contributed by atoms with van der Waals surface area (Å²) in [6, 6.07) is 17.7. The van der Waals surface area contributed by atoms with E-state index in [0.717, 1.165) is 32.4 Å². The largest absolute Gasteiger partial charge is 0.339 e. The summed E-state index contributed by atoms with van der Waals surface area (Å²) >= 11 is 0. The van der Waals surface area contributed by atoms with Crippen LogP contribution >= 0.6 is 0 Å². The molecular formula is C24H30N2O2. The van der Waals surface area contributed by atoms with Crippen LogP contribution in [0.5, 0.6) is 0 Å². The second kappa shape index (κ2) is 9.54. The monoisotopic (exact) mass is 378 g/mol. The number of benzene rings is 2. The minimum atomic E-state index is 0.0192. The summed E-state index contributed by atoms with van der Waals surface area (Å²) in [6.07, 6.45) is 3.17. The first-order chi connectivity index (χ1) is 13.6. The van der Waals surface area contributed by atoms with E-state index < -0.39 is 0 Å². The van der Waals surface area contributed by atoms with Crippen LogP contribution in [0.3, 0.4) is 0 Å². The molecular weight excluding hydrogens is 348 g/mol. The fourth-order valence-electron chi connectivity index (χ4n) is 3.92. The molecule has 0 aliphatic carbocycles. The minimum Gasteiger partial charge on any atom is -0.339 e. The summed E-state index contributed by atoms with van der Waals surface area (Å²) in [5, 5.41) is 0. The van der Waals surface area contributed by atoms with Crippen LogP contribution in [0.15, 0.2) is 54.6 Å². The van der Waals surface area contributed by atoms with Gasteiger partial charge >= 0.3 is 0 Å². The van der Waals surface area contributed by atoms with Crippen molar-refractivity contribution in [2.75, 3.05) is 26.2 Å². The van der Waals surface area contributed by atoms with Crippen molar-refractivity contribution in [1.29, 1.82) is 0 Å². The second-order valence-corrected chi connectivity index (χ2v) is 7.48. The van der Waals surface area contributed by atoms with Crippen LogP contribution in [0.2, 0.25) is 0 Å². The number of likely N-dealkylation sites (tertiary alicyclic amines) is 1. The molecule has 28 heavy (non-hydrogen) atoms. The minimum absolute atomic E-state index is 0.0192. The van der Waals surface area contributed by atoms with Crippen molar-refractivity contribution in [3.8, 4) is 0 Å². The Morgan fingerprint density at radius 1 is 0.893 bits per heavy atom. The molecule has 3 rings (SSSR count). The van der Waals surface area contributed by atoms with Crippen molar-refractivity contribution in [1.82, 2.24) is 9.80 Å². The zero-order chi connectivity index (χ0) is 19.9. The van der Waals surface area contributed by atoms with Gasteiger partial charge < -0.3 is 9.80 Å². The SMILES string of the molecule is CCN(CC)C(=O)c1ccc(C(=O)N2CCC(Cc3ccccc3)CC2)cc1. The Kier molecular flexibility index (Phi) is 6.85. The molecule has 0 saturated carbocycles. The molecule has 1 saturated heterocycles. The third kappa shape index (κ3) is 4.80. The third-order valence-corrected chi connectivity index (χ3v) is 5.70. The standard InChI is InChI=1S/C24H30N2O2/c1-3-25(4-2)23(27)21-10-12-22(13-11-21)24(28)26-16-14-20(15-17-26)18-19-8-6-5-7-9-19/h5-13,20H,3-4,14-18H2,1-2H3. The van der Waals surface area contributed by atoms with Gasteiger partial charge in [0, 0.05) is 37.3 Å². The predicted octanol–water partition coefficient (Wildman–Crippen LogP) is 4.26. The highest BCUT2D eigenvalue weighted by Crippen LogP contribution is 2.23. The lowest BCUT2D eigenvalue weighted by Crippen LogP contribution is -2.39. The van der Waals surface area contributed by atoms with Gasteiger partial charge in [-0.15, -0.1) is 0 Å². The molecule has 0 N–H and O–H groups in total. The molecule has 4 heteroatoms. The number of amides is 2. The smallest absolute Gasteiger partial charge is 0.253 e. The summed E-state index contributed by atoms with van der Waals surface area (Å²) < 4.78 is 0. The fourth-order valence-corrected chi connectivity index (χ4v) is 3.92. The van der Waals surface area contributed by atoms with Crippen LogP contribution in [-0.2, 0) is 6.42 Å². The van der Waals surface area contributed by atoms with Crippen molar-refractivity contribution in [2.24, 2.45) is 5.92 Å². The van der Waals surface area contributed by atoms with Gasteiger partial charge in [-0.3, -0.25) is 9.59 Å². The molecule has 1 aliphatic rings. The van der Waals surface area contributed by atoms with Crippen LogP contribution < -0.4 is 0 Å². The molecule has 0 spiro atoms. The van der Waals surface area contributed by atoms with Crippen LogP contribution in [0.4, 0.5) is 0 Å². The van der Waals surface area contributed by atoms with Gasteiger partial charge in [0.1, 0.15) is 0 Å². The normalized spacial score (nSPS) is 14.7. The van der Waals surface area contributed by atoms with E-state index in [9.17, 15) is 9.59 Å². The van der Waals surface area contributed by atoms with Crippen LogP contribution in [0, 0.1) is 5.92 Å². The van der Waals surface area contributed by atoms with Crippen LogP contribution in [0.25, 0.3) is 0 Å². The van der Waals surface area contributed by atoms with Crippen molar-refractivity contribution in [3.63, 3.8) is 0 Å². The topological polar surface area (TPSA) is 40.6 Å². The zero-order valence-electron chi connectivity index (χ0n) is 16.9. The fraction of sp³-hybridized carbons (Fsp3) is 0.417. The maximum atomic E-state index is 12.8. The van der Waals surface area contributed by atoms with Gasteiger partial charge in [0.15, 0.2) is 0 Å². The number of nitrogens with zero attached hydrogens (tertiary/aromatic N) is 2. The van der Waals surface area contributed by atoms with Gasteiger partial charge in [0.05, 0.1) is 0 Å². The Bertz CT molecular complexity index is 774. The van der Waals surface area contributed by atoms with Crippen molar-refractivity contribution in [3.05, 3.63) is 71.3 Å². The van der Waals surface area contributed by atoms with E-state index in [2.05, 4.69) is 24.3 Å². The summed E-state index contributed by atoms with van der Waals surface area (Å²) in [4.78, 5) is 29.0. The number of rotatable bonds is 6. The van der Waals surface area contributed by atoms with Gasteiger partial charge in [0.2, 0.25) is 0 Å². The molecule has 0 aromatic heterocycles. The number of hydrogen-bond donors (Lipinski definition) is 0. The molecule has 2 amide bonds. The number of carbonyl (C=O) groups is 2. The summed E-state index contributed by atoms with van der Waals surface area (Å²) in [7, 11) is 0. The van der Waals surface area contributed by atoms with Gasteiger partial charge in [-0.25, -0.2) is 0 Å². The number of hydrogen-bond acceptors (Lipinski definition) is 2. The molecule has 0 bridgehead atoms. The van der Waals surface area contributed by atoms with E-state index in [1.165, 1.54) is 5.56 Å². The molecule has 0 unspecified atom stereocenters. The molecule has 2 aromatic rings. The van der Waals surface area contributed by atoms with Crippen molar-refractivity contribution < 1.29 is 9.59 Å². The molecule has 148 valence electrons. The summed E-state index contributed by atoms with van der Waals surface area (Å²) in [5.41, 5.74) is 2.68. The highest BCUT2D eigenvalue weighted by atomic mass is 16.2. The Morgan fingerprint density at radius 2 is 1.46 bits per heavy atom. The van der Waals surface area contributed by atoms with Gasteiger partial charge in [-0.05, 0) is 68.9 Å². The Labute approximate surface area is 168 Å². The molecule has 2 aromatic carbocycles. The Balaban J connectivity index is 1.55. The van der Waals surface area contributed by atoms with Gasteiger partial charge in [-0.2, -0.15) is 0 Å². The molecule has 1 fully saturated rings. The van der Waals surface area contributed by atoms with Crippen LogP contribution in [0.1, 0.15) is 53.0 Å². The van der Waals surface area contributed by atoms with E-state index in [1.54, 1.807) is 29.2 Å². The highest BCUT2D eigenvalue weighted by molar-refractivity contribution is 5.97. The first-order valence-corrected chi connectivity index (χ1v) is 10.3. The zero-order valence-corrected chi connectivity index (χ0v) is 16.9. The molecule has 1 heterocycles. The number of carbonyl (C=O) groups excluding carboxylic acids is 2. The summed E-state index contributed by atoms with van der Waals surface area (Å²) in [5.74, 6) is 0.728. The third-order valence-electron chi connectivity index (χ3n) is 5.70. The lowest BCUT2D eigenvalue weighted by molar-refractivity contribution is 0.0689. The summed E-state index contributed by atoms with van der Waals surface area (Å²) in [6.45, 7) is 6.93. The average Bonchev–Trinajstić information content (AvgIpc) is 2.75. The Morgan fingerprint density at radius 3 is 2.04 bits per heavy atom. The first kappa shape index (κ1) is 20.1. The van der Waals surface area contributed by atoms with E-state index >= 15 is 0 Å². The van der Waals surface area contributed by atoms with E-state index in [-0.39, 0.29) is 11.8 Å². The Hall–Kier alpha value is -2.62. The van der Waals surface area contributed by atoms with Crippen molar-refractivity contribution in [2.45, 2.75) is 33.1 Å². The number of piperidine rings is 1. The van der Waals surface area contributed by atoms with Crippen LogP contribution in [-0.4, -0.2) is 47.8 Å². The maximum absolute atomic E-state index is 12.8. The average molecular weight is 379 g/mol.